The molecule has 2 aliphatic rings. The lowest BCUT2D eigenvalue weighted by atomic mass is 9.77. The lowest BCUT2D eigenvalue weighted by Gasteiger charge is -2.55. The third-order valence-electron chi connectivity index (χ3n) is 5.81. The molecule has 2 aliphatic heterocycles. The molecule has 0 spiro atoms. The molecule has 6 nitrogen and oxygen atoms in total. The van der Waals surface area contributed by atoms with Crippen molar-refractivity contribution < 1.29 is 9.59 Å². The van der Waals surface area contributed by atoms with E-state index in [1.807, 2.05) is 4.90 Å². The molecule has 24 heavy (non-hydrogen) atoms. The smallest absolute Gasteiger partial charge is 0.328 e. The summed E-state index contributed by atoms with van der Waals surface area (Å²) in [5, 5.41) is 2.87. The molecule has 0 aromatic carbocycles. The number of rotatable bonds is 4. The highest BCUT2D eigenvalue weighted by molar-refractivity contribution is 5.94. The maximum atomic E-state index is 13.0. The van der Waals surface area contributed by atoms with Gasteiger partial charge in [0.15, 0.2) is 0 Å². The van der Waals surface area contributed by atoms with E-state index in [-0.39, 0.29) is 29.2 Å². The zero-order chi connectivity index (χ0) is 18.1. The van der Waals surface area contributed by atoms with Crippen molar-refractivity contribution in [3.63, 3.8) is 0 Å². The van der Waals surface area contributed by atoms with Gasteiger partial charge in [0, 0.05) is 36.8 Å². The van der Waals surface area contributed by atoms with E-state index < -0.39 is 0 Å². The number of urea groups is 2. The fourth-order valence-electron chi connectivity index (χ4n) is 4.11. The van der Waals surface area contributed by atoms with Crippen molar-refractivity contribution in [1.82, 2.24) is 20.0 Å². The second kappa shape index (κ2) is 6.90. The largest absolute Gasteiger partial charge is 0.336 e. The van der Waals surface area contributed by atoms with E-state index in [0.29, 0.717) is 19.6 Å². The molecule has 1 N–H and O–H groups in total. The maximum Gasteiger partial charge on any atom is 0.328 e. The van der Waals surface area contributed by atoms with Crippen LogP contribution in [0, 0.1) is 0 Å². The molecule has 0 aliphatic carbocycles. The number of hydrogen-bond donors (Lipinski definition) is 1. The SMILES string of the molecule is CCCCN1C(=O)NCCN(C2CC(C)(C)N(C)C(C)(C)C2)C1=O. The van der Waals surface area contributed by atoms with Crippen molar-refractivity contribution in [3.8, 4) is 0 Å². The third kappa shape index (κ3) is 3.68. The van der Waals surface area contributed by atoms with Crippen LogP contribution in [0.2, 0.25) is 0 Å². The lowest BCUT2D eigenvalue weighted by molar-refractivity contribution is -0.0393. The van der Waals surface area contributed by atoms with Crippen LogP contribution in [-0.4, -0.2) is 70.6 Å². The van der Waals surface area contributed by atoms with E-state index in [4.69, 9.17) is 0 Å². The summed E-state index contributed by atoms with van der Waals surface area (Å²) in [6.45, 7) is 12.6. The molecule has 0 radical (unpaired) electrons. The summed E-state index contributed by atoms with van der Waals surface area (Å²) in [6.07, 6.45) is 3.66. The first-order valence-corrected chi connectivity index (χ1v) is 9.20. The van der Waals surface area contributed by atoms with Crippen molar-refractivity contribution >= 4 is 12.1 Å². The Morgan fingerprint density at radius 3 is 2.25 bits per heavy atom. The molecule has 0 unspecified atom stereocenters. The molecule has 138 valence electrons. The number of imide groups is 1. The van der Waals surface area contributed by atoms with E-state index in [9.17, 15) is 9.59 Å². The predicted octanol–water partition coefficient (Wildman–Crippen LogP) is 2.89. The van der Waals surface area contributed by atoms with E-state index in [1.165, 1.54) is 4.90 Å². The summed E-state index contributed by atoms with van der Waals surface area (Å²) in [6, 6.07) is -0.211. The Bertz CT molecular complexity index is 471. The summed E-state index contributed by atoms with van der Waals surface area (Å²) in [7, 11) is 2.17. The molecule has 6 heteroatoms. The fourth-order valence-corrected chi connectivity index (χ4v) is 4.11. The maximum absolute atomic E-state index is 13.0. The van der Waals surface area contributed by atoms with Crippen LogP contribution in [0.25, 0.3) is 0 Å². The molecule has 2 saturated heterocycles. The highest BCUT2D eigenvalue weighted by Gasteiger charge is 2.46. The Labute approximate surface area is 146 Å². The first-order chi connectivity index (χ1) is 11.1. The molecular formula is C18H34N4O2. The lowest BCUT2D eigenvalue weighted by Crippen LogP contribution is -2.64. The van der Waals surface area contributed by atoms with E-state index in [0.717, 1.165) is 25.7 Å². The Kier molecular flexibility index (Phi) is 5.47. The van der Waals surface area contributed by atoms with Crippen LogP contribution < -0.4 is 5.32 Å². The van der Waals surface area contributed by atoms with Gasteiger partial charge in [0.2, 0.25) is 0 Å². The van der Waals surface area contributed by atoms with Gasteiger partial charge < -0.3 is 10.2 Å². The van der Waals surface area contributed by atoms with Crippen LogP contribution in [0.15, 0.2) is 0 Å². The predicted molar refractivity (Wildman–Crippen MR) is 96.1 cm³/mol. The third-order valence-corrected chi connectivity index (χ3v) is 5.81. The highest BCUT2D eigenvalue weighted by Crippen LogP contribution is 2.39. The minimum atomic E-state index is -0.248. The van der Waals surface area contributed by atoms with Gasteiger partial charge in [-0.25, -0.2) is 14.5 Å². The van der Waals surface area contributed by atoms with Gasteiger partial charge in [-0.3, -0.25) is 4.90 Å². The number of amides is 4. The number of hydrogen-bond acceptors (Lipinski definition) is 3. The number of nitrogens with one attached hydrogen (secondary N) is 1. The quantitative estimate of drug-likeness (QED) is 0.857. The Morgan fingerprint density at radius 1 is 1.12 bits per heavy atom. The normalized spacial score (nSPS) is 25.6. The van der Waals surface area contributed by atoms with Gasteiger partial charge in [-0.2, -0.15) is 0 Å². The number of carbonyl (C=O) groups excluding carboxylic acids is 2. The summed E-state index contributed by atoms with van der Waals surface area (Å²) < 4.78 is 0. The zero-order valence-electron chi connectivity index (χ0n) is 16.2. The van der Waals surface area contributed by atoms with Crippen LogP contribution >= 0.6 is 0 Å². The minimum Gasteiger partial charge on any atom is -0.336 e. The molecule has 2 fully saturated rings. The number of likely N-dealkylation sites (tertiary alicyclic amines) is 1. The highest BCUT2D eigenvalue weighted by atomic mass is 16.2. The average molecular weight is 338 g/mol. The Balaban J connectivity index is 2.22. The summed E-state index contributed by atoms with van der Waals surface area (Å²) in [5.41, 5.74) is 0.0371. The summed E-state index contributed by atoms with van der Waals surface area (Å²) in [4.78, 5) is 31.0. The standard InChI is InChI=1S/C18H34N4O2/c1-7-8-10-22-15(23)19-9-11-21(16(22)24)14-12-17(2,3)20(6)18(4,5)13-14/h14H,7-13H2,1-6H3,(H,19,23). The van der Waals surface area contributed by atoms with Gasteiger partial charge in [0.25, 0.3) is 0 Å². The number of unbranched alkanes of at least 4 members (excludes halogenated alkanes) is 1. The Morgan fingerprint density at radius 2 is 1.71 bits per heavy atom. The van der Waals surface area contributed by atoms with Crippen molar-refractivity contribution in [1.29, 1.82) is 0 Å². The molecule has 2 heterocycles. The summed E-state index contributed by atoms with van der Waals surface area (Å²) in [5.74, 6) is 0. The van der Waals surface area contributed by atoms with Crippen LogP contribution in [0.4, 0.5) is 9.59 Å². The zero-order valence-corrected chi connectivity index (χ0v) is 16.2. The van der Waals surface area contributed by atoms with Crippen LogP contribution in [0.1, 0.15) is 60.3 Å². The van der Waals surface area contributed by atoms with Crippen LogP contribution in [0.5, 0.6) is 0 Å². The molecule has 4 amide bonds. The fraction of sp³-hybridized carbons (Fsp3) is 0.889. The van der Waals surface area contributed by atoms with Gasteiger partial charge in [0.05, 0.1) is 0 Å². The van der Waals surface area contributed by atoms with Gasteiger partial charge in [-0.05, 0) is 54.0 Å². The topological polar surface area (TPSA) is 55.9 Å². The first kappa shape index (κ1) is 19.0. The number of piperidine rings is 1. The van der Waals surface area contributed by atoms with Crippen molar-refractivity contribution in [2.45, 2.75) is 77.4 Å². The van der Waals surface area contributed by atoms with Gasteiger partial charge in [0.1, 0.15) is 0 Å². The van der Waals surface area contributed by atoms with Gasteiger partial charge >= 0.3 is 12.1 Å². The molecular weight excluding hydrogens is 304 g/mol. The minimum absolute atomic E-state index is 0.0185. The van der Waals surface area contributed by atoms with Crippen LogP contribution in [0.3, 0.4) is 0 Å². The summed E-state index contributed by atoms with van der Waals surface area (Å²) >= 11 is 0. The molecule has 0 atom stereocenters. The van der Waals surface area contributed by atoms with Crippen LogP contribution in [-0.2, 0) is 0 Å². The molecule has 2 rings (SSSR count). The monoisotopic (exact) mass is 338 g/mol. The average Bonchev–Trinajstić information content (AvgIpc) is 2.61. The van der Waals surface area contributed by atoms with Crippen molar-refractivity contribution in [3.05, 3.63) is 0 Å². The molecule has 0 bridgehead atoms. The van der Waals surface area contributed by atoms with Gasteiger partial charge in [-0.1, -0.05) is 13.3 Å². The van der Waals surface area contributed by atoms with Crippen molar-refractivity contribution in [2.24, 2.45) is 0 Å². The number of carbonyl (C=O) groups is 2. The van der Waals surface area contributed by atoms with Crippen molar-refractivity contribution in [2.75, 3.05) is 26.7 Å². The van der Waals surface area contributed by atoms with E-state index in [2.05, 4.69) is 51.9 Å². The molecule has 0 aromatic heterocycles. The first-order valence-electron chi connectivity index (χ1n) is 9.20. The Hall–Kier alpha value is -1.30. The number of nitrogens with zero attached hydrogens (tertiary/aromatic N) is 3. The second-order valence-corrected chi connectivity index (χ2v) is 8.46. The van der Waals surface area contributed by atoms with E-state index >= 15 is 0 Å². The van der Waals surface area contributed by atoms with E-state index in [1.54, 1.807) is 0 Å². The van der Waals surface area contributed by atoms with Gasteiger partial charge in [-0.15, -0.1) is 0 Å². The molecule has 0 saturated carbocycles. The molecule has 0 aromatic rings. The second-order valence-electron chi connectivity index (χ2n) is 8.46.